The number of rotatable bonds is 9. The summed E-state index contributed by atoms with van der Waals surface area (Å²) < 4.78 is 16.4. The highest BCUT2D eigenvalue weighted by Gasteiger charge is 2.16. The highest BCUT2D eigenvalue weighted by molar-refractivity contribution is 5.81. The first kappa shape index (κ1) is 20.7. The van der Waals surface area contributed by atoms with Crippen LogP contribution >= 0.6 is 0 Å². The van der Waals surface area contributed by atoms with Gasteiger partial charge in [0.05, 0.1) is 38.3 Å². The molecule has 0 saturated heterocycles. The normalized spacial score (nSPS) is 12.0. The smallest absolute Gasteiger partial charge is 0.259 e. The molecule has 7 nitrogen and oxygen atoms in total. The minimum atomic E-state index is -0.184. The summed E-state index contributed by atoms with van der Waals surface area (Å²) in [4.78, 5) is 21.5. The molecule has 0 amide bonds. The van der Waals surface area contributed by atoms with E-state index in [-0.39, 0.29) is 5.56 Å². The third-order valence-corrected chi connectivity index (χ3v) is 4.89. The summed E-state index contributed by atoms with van der Waals surface area (Å²) in [5.74, 6) is 2.60. The summed E-state index contributed by atoms with van der Waals surface area (Å²) in [6, 6.07) is 11.5. The van der Waals surface area contributed by atoms with Crippen LogP contribution in [0.1, 0.15) is 25.2 Å². The van der Waals surface area contributed by atoms with Crippen LogP contribution in [0.4, 0.5) is 0 Å². The highest BCUT2D eigenvalue weighted by atomic mass is 16.5. The molecule has 1 aromatic heterocycles. The zero-order chi connectivity index (χ0) is 20.8. The fraction of sp³-hybridized carbons (Fsp3) is 0.364. The van der Waals surface area contributed by atoms with Gasteiger partial charge in [0, 0.05) is 11.6 Å². The van der Waals surface area contributed by atoms with E-state index in [1.807, 2.05) is 25.1 Å². The summed E-state index contributed by atoms with van der Waals surface area (Å²) in [6.07, 6.45) is 0. The number of aromatic amines is 1. The summed E-state index contributed by atoms with van der Waals surface area (Å²) in [6.45, 7) is 6.98. The third kappa shape index (κ3) is 4.68. The molecule has 0 radical (unpaired) electrons. The molecular weight excluding hydrogens is 370 g/mol. The minimum Gasteiger partial charge on any atom is -0.493 e. The number of nitrogens with one attached hydrogen (secondary N) is 2. The monoisotopic (exact) mass is 398 g/mol. The number of ether oxygens (including phenoxy) is 3. The van der Waals surface area contributed by atoms with E-state index in [4.69, 9.17) is 14.2 Å². The second-order valence-corrected chi connectivity index (χ2v) is 6.73. The molecule has 154 valence electrons. The molecule has 1 heterocycles. The van der Waals surface area contributed by atoms with Crippen molar-refractivity contribution in [1.29, 1.82) is 0 Å². The molecule has 3 aromatic rings. The number of hydrogen-bond donors (Lipinski definition) is 2. The maximum absolute atomic E-state index is 12.6. The molecule has 29 heavy (non-hydrogen) atoms. The topological polar surface area (TPSA) is 77.9 Å². The lowest BCUT2D eigenvalue weighted by atomic mass is 10.2. The zero-order valence-corrected chi connectivity index (χ0v) is 17.4. The van der Waals surface area contributed by atoms with Crippen LogP contribution in [0.5, 0.6) is 17.2 Å². The van der Waals surface area contributed by atoms with Crippen LogP contribution in [-0.2, 0) is 13.1 Å². The van der Waals surface area contributed by atoms with Crippen LogP contribution in [0.25, 0.3) is 10.9 Å². The maximum atomic E-state index is 12.6. The van der Waals surface area contributed by atoms with Crippen molar-refractivity contribution >= 4 is 10.9 Å². The van der Waals surface area contributed by atoms with Crippen LogP contribution in [0.2, 0.25) is 0 Å². The third-order valence-electron chi connectivity index (χ3n) is 4.89. The average molecular weight is 398 g/mol. The number of fused-ring (bicyclic) bond motifs is 1. The maximum Gasteiger partial charge on any atom is 0.259 e. The lowest BCUT2D eigenvalue weighted by Gasteiger charge is -2.19. The number of methoxy groups -OCH3 is 2. The van der Waals surface area contributed by atoms with Crippen molar-refractivity contribution in [3.05, 3.63) is 58.1 Å². The van der Waals surface area contributed by atoms with Crippen molar-refractivity contribution in [2.24, 2.45) is 0 Å². The summed E-state index contributed by atoms with van der Waals surface area (Å²) >= 11 is 0. The fourth-order valence-corrected chi connectivity index (χ4v) is 3.36. The van der Waals surface area contributed by atoms with Gasteiger partial charge in [-0.1, -0.05) is 12.1 Å². The van der Waals surface area contributed by atoms with Gasteiger partial charge in [-0.05, 0) is 32.0 Å². The van der Waals surface area contributed by atoms with Gasteiger partial charge >= 0.3 is 0 Å². The molecule has 0 aliphatic heterocycles. The predicted molar refractivity (Wildman–Crippen MR) is 112 cm³/mol. The van der Waals surface area contributed by atoms with E-state index in [9.17, 15) is 4.79 Å². The van der Waals surface area contributed by atoms with Crippen LogP contribution in [0.3, 0.4) is 0 Å². The van der Waals surface area contributed by atoms with E-state index in [1.165, 1.54) is 4.90 Å². The van der Waals surface area contributed by atoms with Gasteiger partial charge in [0.15, 0.2) is 17.3 Å². The molecular formula is C22H28N3O4+. The molecule has 2 N–H and O–H groups in total. The second kappa shape index (κ2) is 9.43. The summed E-state index contributed by atoms with van der Waals surface area (Å²) in [5.41, 5.74) is 1.54. The van der Waals surface area contributed by atoms with Crippen molar-refractivity contribution in [3.8, 4) is 17.2 Å². The van der Waals surface area contributed by atoms with E-state index in [0.717, 1.165) is 24.4 Å². The second-order valence-electron chi connectivity index (χ2n) is 6.73. The number of hydrogen-bond acceptors (Lipinski definition) is 5. The van der Waals surface area contributed by atoms with E-state index in [0.29, 0.717) is 41.4 Å². The quantitative estimate of drug-likeness (QED) is 0.576. The van der Waals surface area contributed by atoms with Crippen LogP contribution in [0, 0.1) is 0 Å². The average Bonchev–Trinajstić information content (AvgIpc) is 2.73. The standard InChI is InChI=1S/C22H27N3O4/c1-5-25(13-15-9-7-8-10-18(15)29-6-2)14-21-23-17-12-20(28-4)19(27-3)11-16(17)22(26)24-21/h7-12H,5-6,13-14H2,1-4H3,(H,23,24,26)/p+1. The van der Waals surface area contributed by atoms with E-state index >= 15 is 0 Å². The number of H-pyrrole nitrogens is 1. The van der Waals surface area contributed by atoms with Gasteiger partial charge in [-0.15, -0.1) is 0 Å². The van der Waals surface area contributed by atoms with Crippen LogP contribution in [-0.4, -0.2) is 37.3 Å². The Bertz CT molecular complexity index is 1030. The molecule has 3 rings (SSSR count). The molecule has 1 atom stereocenters. The Balaban J connectivity index is 1.89. The van der Waals surface area contributed by atoms with Gasteiger partial charge in [-0.3, -0.25) is 4.79 Å². The van der Waals surface area contributed by atoms with E-state index in [2.05, 4.69) is 23.0 Å². The summed E-state index contributed by atoms with van der Waals surface area (Å²) in [7, 11) is 3.11. The van der Waals surface area contributed by atoms with Crippen LogP contribution < -0.4 is 24.7 Å². The number of nitrogens with zero attached hydrogens (tertiary/aromatic N) is 1. The van der Waals surface area contributed by atoms with Gasteiger partial charge in [0.25, 0.3) is 5.56 Å². The SMILES string of the molecule is CCOc1ccccc1C[NH+](CC)Cc1nc2cc(OC)c(OC)cc2c(=O)[nH]1. The van der Waals surface area contributed by atoms with Crippen molar-refractivity contribution in [2.45, 2.75) is 26.9 Å². The van der Waals surface area contributed by atoms with E-state index < -0.39 is 0 Å². The van der Waals surface area contributed by atoms with Crippen LogP contribution in [0.15, 0.2) is 41.2 Å². The Morgan fingerprint density at radius 2 is 1.72 bits per heavy atom. The first-order chi connectivity index (χ1) is 14.1. The van der Waals surface area contributed by atoms with E-state index in [1.54, 1.807) is 26.4 Å². The predicted octanol–water partition coefficient (Wildman–Crippen LogP) is 1.94. The van der Waals surface area contributed by atoms with Crippen molar-refractivity contribution < 1.29 is 19.1 Å². The van der Waals surface area contributed by atoms with Crippen molar-refractivity contribution in [1.82, 2.24) is 9.97 Å². The van der Waals surface area contributed by atoms with Gasteiger partial charge in [0.2, 0.25) is 0 Å². The van der Waals surface area contributed by atoms with Gasteiger partial charge in [0.1, 0.15) is 18.8 Å². The summed E-state index contributed by atoms with van der Waals surface area (Å²) in [5, 5.41) is 0.478. The molecule has 0 spiro atoms. The lowest BCUT2D eigenvalue weighted by Crippen LogP contribution is -3.09. The number of para-hydroxylation sites is 1. The fourth-order valence-electron chi connectivity index (χ4n) is 3.36. The van der Waals surface area contributed by atoms with Gasteiger partial charge in [-0.2, -0.15) is 0 Å². The van der Waals surface area contributed by atoms with Gasteiger partial charge in [-0.25, -0.2) is 4.98 Å². The number of benzene rings is 2. The Labute approximate surface area is 170 Å². The molecule has 2 aromatic carbocycles. The first-order valence-electron chi connectivity index (χ1n) is 9.78. The first-order valence-corrected chi connectivity index (χ1v) is 9.78. The molecule has 0 aliphatic carbocycles. The minimum absolute atomic E-state index is 0.184. The molecule has 0 aliphatic rings. The Kier molecular flexibility index (Phi) is 6.72. The highest BCUT2D eigenvalue weighted by Crippen LogP contribution is 2.29. The molecule has 7 heteroatoms. The molecule has 0 saturated carbocycles. The van der Waals surface area contributed by atoms with Crippen molar-refractivity contribution in [3.63, 3.8) is 0 Å². The largest absolute Gasteiger partial charge is 0.493 e. The number of aromatic nitrogens is 2. The Morgan fingerprint density at radius 3 is 2.41 bits per heavy atom. The molecule has 0 bridgehead atoms. The zero-order valence-electron chi connectivity index (χ0n) is 17.4. The van der Waals surface area contributed by atoms with Gasteiger partial charge < -0.3 is 24.1 Å². The molecule has 0 fully saturated rings. The Morgan fingerprint density at radius 1 is 1.00 bits per heavy atom. The molecule has 1 unspecified atom stereocenters. The lowest BCUT2D eigenvalue weighted by molar-refractivity contribution is -0.926. The number of quaternary nitrogens is 1. The Hall–Kier alpha value is -3.06. The van der Waals surface area contributed by atoms with Crippen molar-refractivity contribution in [2.75, 3.05) is 27.4 Å².